The molecule has 0 bridgehead atoms. The summed E-state index contributed by atoms with van der Waals surface area (Å²) in [5.74, 6) is 0.00990. The highest BCUT2D eigenvalue weighted by Gasteiger charge is 2.31. The number of hydrogen-bond acceptors (Lipinski definition) is 6. The monoisotopic (exact) mass is 423 g/mol. The fourth-order valence-electron chi connectivity index (χ4n) is 4.53. The van der Waals surface area contributed by atoms with E-state index in [1.54, 1.807) is 6.08 Å². The molecule has 2 fully saturated rings. The van der Waals surface area contributed by atoms with Gasteiger partial charge in [-0.15, -0.1) is 0 Å². The summed E-state index contributed by atoms with van der Waals surface area (Å²) >= 11 is 0. The fourth-order valence-corrected chi connectivity index (χ4v) is 4.53. The molecule has 2 aromatic heterocycles. The maximum Gasteiger partial charge on any atom is 0.356 e. The molecule has 7 nitrogen and oxygen atoms in total. The predicted octanol–water partition coefficient (Wildman–Crippen LogP) is 4.06. The zero-order chi connectivity index (χ0) is 22.1. The smallest absolute Gasteiger partial charge is 0.356 e. The van der Waals surface area contributed by atoms with Gasteiger partial charge in [-0.05, 0) is 45.8 Å². The number of piperazine rings is 1. The molecule has 0 atom stereocenters. The average Bonchev–Trinajstić information content (AvgIpc) is 3.11. The molecule has 31 heavy (non-hydrogen) atoms. The van der Waals surface area contributed by atoms with E-state index in [2.05, 4.69) is 30.2 Å². The van der Waals surface area contributed by atoms with E-state index in [4.69, 9.17) is 14.8 Å². The second-order valence-corrected chi connectivity index (χ2v) is 8.68. The van der Waals surface area contributed by atoms with Crippen molar-refractivity contribution in [3.63, 3.8) is 0 Å². The van der Waals surface area contributed by atoms with Crippen molar-refractivity contribution >= 4 is 28.4 Å². The minimum absolute atomic E-state index is 0.317. The Kier molecular flexibility index (Phi) is 6.14. The van der Waals surface area contributed by atoms with E-state index in [0.29, 0.717) is 23.3 Å². The van der Waals surface area contributed by atoms with Crippen molar-refractivity contribution in [3.05, 3.63) is 36.2 Å². The highest BCUT2D eigenvalue weighted by Crippen LogP contribution is 2.42. The van der Waals surface area contributed by atoms with Gasteiger partial charge in [0.2, 0.25) is 0 Å². The molecule has 0 spiro atoms. The maximum absolute atomic E-state index is 12.5. The van der Waals surface area contributed by atoms with Crippen LogP contribution in [-0.2, 0) is 4.74 Å². The Balaban J connectivity index is 1.90. The van der Waals surface area contributed by atoms with Crippen molar-refractivity contribution in [2.75, 3.05) is 38.2 Å². The third-order valence-electron chi connectivity index (χ3n) is 6.67. The largest absolute Gasteiger partial charge is 0.464 e. The number of pyridine rings is 1. The Hall–Kier alpha value is -2.67. The fraction of sp³-hybridized carbons (Fsp3) is 0.542. The van der Waals surface area contributed by atoms with Gasteiger partial charge >= 0.3 is 5.97 Å². The third kappa shape index (κ3) is 3.87. The summed E-state index contributed by atoms with van der Waals surface area (Å²) in [5.41, 5.74) is 4.02. The summed E-state index contributed by atoms with van der Waals surface area (Å²) in [6, 6.07) is 2.43. The number of carbonyl (C=O) groups excluding carboxylic acids is 1. The van der Waals surface area contributed by atoms with E-state index < -0.39 is 5.97 Å². The highest BCUT2D eigenvalue weighted by molar-refractivity contribution is 5.99. The zero-order valence-electron chi connectivity index (χ0n) is 19.1. The standard InChI is InChI=1S/C24H33N5O2/c1-6-18(7-2)29-23-21(22(26-29)17-9-8-10-17)20(15-19(25-23)24(30)31-5)28-13-11-27(12-14-28)16(3)4/h6-7,15-17H,1,8-14H2,2-5H3/b18-7+. The number of rotatable bonds is 6. The minimum Gasteiger partial charge on any atom is -0.464 e. The molecule has 4 rings (SSSR count). The van der Waals surface area contributed by atoms with Crippen LogP contribution >= 0.6 is 0 Å². The first kappa shape index (κ1) is 21.6. The number of methoxy groups -OCH3 is 1. The Morgan fingerprint density at radius 3 is 2.48 bits per heavy atom. The number of fused-ring (bicyclic) bond motifs is 1. The second-order valence-electron chi connectivity index (χ2n) is 8.68. The van der Waals surface area contributed by atoms with Gasteiger partial charge in [-0.2, -0.15) is 5.10 Å². The van der Waals surface area contributed by atoms with Gasteiger partial charge in [-0.3, -0.25) is 4.90 Å². The number of anilines is 1. The molecule has 3 heterocycles. The maximum atomic E-state index is 12.5. The summed E-state index contributed by atoms with van der Waals surface area (Å²) in [4.78, 5) is 22.1. The summed E-state index contributed by atoms with van der Waals surface area (Å²) in [7, 11) is 1.40. The normalized spacial score (nSPS) is 18.5. The van der Waals surface area contributed by atoms with Crippen molar-refractivity contribution in [1.82, 2.24) is 19.7 Å². The molecular weight excluding hydrogens is 390 g/mol. The average molecular weight is 424 g/mol. The van der Waals surface area contributed by atoms with Crippen molar-refractivity contribution in [2.45, 2.75) is 52.0 Å². The van der Waals surface area contributed by atoms with Crippen LogP contribution < -0.4 is 4.90 Å². The molecule has 1 aliphatic heterocycles. The lowest BCUT2D eigenvalue weighted by molar-refractivity contribution is 0.0594. The molecule has 7 heteroatoms. The van der Waals surface area contributed by atoms with Gasteiger partial charge in [-0.25, -0.2) is 14.5 Å². The second kappa shape index (κ2) is 8.83. The molecule has 1 aliphatic carbocycles. The molecule has 0 radical (unpaired) electrons. The van der Waals surface area contributed by atoms with E-state index in [1.807, 2.05) is 23.7 Å². The van der Waals surface area contributed by atoms with Crippen molar-refractivity contribution in [2.24, 2.45) is 0 Å². The van der Waals surface area contributed by atoms with Crippen LogP contribution in [0.15, 0.2) is 24.8 Å². The van der Waals surface area contributed by atoms with Crippen LogP contribution in [-0.4, -0.2) is 65.0 Å². The van der Waals surface area contributed by atoms with Crippen LogP contribution in [0.2, 0.25) is 0 Å². The Morgan fingerprint density at radius 1 is 1.26 bits per heavy atom. The predicted molar refractivity (Wildman–Crippen MR) is 125 cm³/mol. The summed E-state index contributed by atoms with van der Waals surface area (Å²) < 4.78 is 6.87. The number of hydrogen-bond donors (Lipinski definition) is 0. The summed E-state index contributed by atoms with van der Waals surface area (Å²) in [5, 5.41) is 6.07. The lowest BCUT2D eigenvalue weighted by atomic mass is 9.82. The van der Waals surface area contributed by atoms with E-state index in [1.165, 1.54) is 13.5 Å². The van der Waals surface area contributed by atoms with Gasteiger partial charge in [0.25, 0.3) is 0 Å². The highest BCUT2D eigenvalue weighted by atomic mass is 16.5. The first-order valence-corrected chi connectivity index (χ1v) is 11.3. The van der Waals surface area contributed by atoms with E-state index >= 15 is 0 Å². The van der Waals surface area contributed by atoms with Crippen LogP contribution in [0, 0.1) is 0 Å². The van der Waals surface area contributed by atoms with Crippen LogP contribution in [0.4, 0.5) is 5.69 Å². The first-order chi connectivity index (χ1) is 15.0. The molecule has 2 aromatic rings. The van der Waals surface area contributed by atoms with Gasteiger partial charge in [0.05, 0.1) is 29.6 Å². The Labute approximate surface area is 184 Å². The lowest BCUT2D eigenvalue weighted by Crippen LogP contribution is -2.49. The Bertz CT molecular complexity index is 1010. The first-order valence-electron chi connectivity index (χ1n) is 11.3. The molecule has 2 aliphatic rings. The van der Waals surface area contributed by atoms with Gasteiger partial charge < -0.3 is 9.64 Å². The number of esters is 1. The van der Waals surface area contributed by atoms with Crippen molar-refractivity contribution in [3.8, 4) is 0 Å². The molecule has 0 N–H and O–H groups in total. The van der Waals surface area contributed by atoms with E-state index in [-0.39, 0.29) is 0 Å². The number of ether oxygens (including phenoxy) is 1. The number of aromatic nitrogens is 3. The quantitative estimate of drug-likeness (QED) is 0.516. The minimum atomic E-state index is -0.428. The van der Waals surface area contributed by atoms with E-state index in [0.717, 1.165) is 61.5 Å². The summed E-state index contributed by atoms with van der Waals surface area (Å²) in [6.45, 7) is 14.2. The van der Waals surface area contributed by atoms with Crippen molar-refractivity contribution < 1.29 is 9.53 Å². The van der Waals surface area contributed by atoms with Gasteiger partial charge in [-0.1, -0.05) is 19.1 Å². The van der Waals surface area contributed by atoms with Gasteiger partial charge in [0.15, 0.2) is 11.3 Å². The number of carbonyl (C=O) groups is 1. The van der Waals surface area contributed by atoms with E-state index in [9.17, 15) is 4.79 Å². The topological polar surface area (TPSA) is 63.5 Å². The van der Waals surface area contributed by atoms with Crippen molar-refractivity contribution in [1.29, 1.82) is 0 Å². The SMILES string of the molecule is C=C/C(=C\C)n1nc(C2CCC2)c2c(N3CCN(C(C)C)CC3)cc(C(=O)OC)nc21. The van der Waals surface area contributed by atoms with Crippen LogP contribution in [0.1, 0.15) is 62.1 Å². The molecular formula is C24H33N5O2. The summed E-state index contributed by atoms with van der Waals surface area (Å²) in [6.07, 6.45) is 7.27. The third-order valence-corrected chi connectivity index (χ3v) is 6.67. The molecule has 0 unspecified atom stereocenters. The van der Waals surface area contributed by atoms with Gasteiger partial charge in [0.1, 0.15) is 0 Å². The van der Waals surface area contributed by atoms with Crippen LogP contribution in [0.5, 0.6) is 0 Å². The lowest BCUT2D eigenvalue weighted by Gasteiger charge is -2.38. The van der Waals surface area contributed by atoms with Crippen LogP contribution in [0.3, 0.4) is 0 Å². The molecule has 1 saturated heterocycles. The Morgan fingerprint density at radius 2 is 1.97 bits per heavy atom. The molecule has 0 aromatic carbocycles. The molecule has 1 saturated carbocycles. The number of allylic oxidation sites excluding steroid dienone is 3. The molecule has 166 valence electrons. The zero-order valence-corrected chi connectivity index (χ0v) is 19.1. The number of nitrogens with zero attached hydrogens (tertiary/aromatic N) is 5. The molecule has 0 amide bonds. The van der Waals surface area contributed by atoms with Gasteiger partial charge in [0, 0.05) is 38.1 Å². The van der Waals surface area contributed by atoms with Crippen LogP contribution in [0.25, 0.3) is 16.7 Å².